The van der Waals surface area contributed by atoms with Crippen LogP contribution < -0.4 is 0 Å². The van der Waals surface area contributed by atoms with Crippen molar-refractivity contribution in [3.05, 3.63) is 59.0 Å². The lowest BCUT2D eigenvalue weighted by Gasteiger charge is -2.34. The Morgan fingerprint density at radius 3 is 2.38 bits per heavy atom. The number of methoxy groups -OCH3 is 1. The Bertz CT molecular complexity index is 713. The summed E-state index contributed by atoms with van der Waals surface area (Å²) >= 11 is 0. The fourth-order valence-corrected chi connectivity index (χ4v) is 3.24. The number of carbonyl (C=O) groups excluding carboxylic acids is 1. The third-order valence-electron chi connectivity index (χ3n) is 4.87. The van der Waals surface area contributed by atoms with E-state index in [0.717, 1.165) is 32.7 Å². The summed E-state index contributed by atoms with van der Waals surface area (Å²) in [6, 6.07) is 12.4. The predicted molar refractivity (Wildman–Crippen MR) is 101 cm³/mol. The van der Waals surface area contributed by atoms with Crippen molar-refractivity contribution in [1.29, 1.82) is 0 Å². The second-order valence-electron chi connectivity index (χ2n) is 7.16. The molecule has 3 rings (SSSR count). The fourth-order valence-electron chi connectivity index (χ4n) is 3.24. The van der Waals surface area contributed by atoms with E-state index >= 15 is 0 Å². The molecule has 0 unspecified atom stereocenters. The molecule has 140 valence electrons. The number of ether oxygens (including phenoxy) is 1. The zero-order valence-corrected chi connectivity index (χ0v) is 15.9. The van der Waals surface area contributed by atoms with Crippen molar-refractivity contribution in [1.82, 2.24) is 9.80 Å². The summed E-state index contributed by atoms with van der Waals surface area (Å²) in [6.07, 6.45) is 0. The lowest BCUT2D eigenvalue weighted by molar-refractivity contribution is 0.0591. The molecule has 1 aromatic heterocycles. The number of benzene rings is 1. The second-order valence-corrected chi connectivity index (χ2v) is 7.16. The molecule has 1 aliphatic heterocycles. The van der Waals surface area contributed by atoms with Crippen molar-refractivity contribution in [3.8, 4) is 0 Å². The van der Waals surface area contributed by atoms with Gasteiger partial charge in [0.25, 0.3) is 5.91 Å². The van der Waals surface area contributed by atoms with Gasteiger partial charge in [-0.15, -0.1) is 0 Å². The van der Waals surface area contributed by atoms with Gasteiger partial charge < -0.3 is 14.1 Å². The molecule has 0 radical (unpaired) electrons. The molecule has 1 amide bonds. The number of hydrogen-bond acceptors (Lipinski definition) is 4. The third-order valence-corrected chi connectivity index (χ3v) is 4.87. The van der Waals surface area contributed by atoms with E-state index in [1.165, 1.54) is 11.1 Å². The second kappa shape index (κ2) is 8.52. The number of carbonyl (C=O) groups is 1. The summed E-state index contributed by atoms with van der Waals surface area (Å²) < 4.78 is 10.6. The molecule has 0 N–H and O–H groups in total. The van der Waals surface area contributed by atoms with E-state index in [1.807, 2.05) is 4.90 Å². The first-order valence-corrected chi connectivity index (χ1v) is 9.25. The zero-order chi connectivity index (χ0) is 18.5. The van der Waals surface area contributed by atoms with Crippen LogP contribution in [-0.4, -0.2) is 49.0 Å². The molecule has 0 saturated carbocycles. The molecular weight excluding hydrogens is 328 g/mol. The quantitative estimate of drug-likeness (QED) is 0.795. The van der Waals surface area contributed by atoms with Gasteiger partial charge in [0.2, 0.25) is 0 Å². The first-order valence-electron chi connectivity index (χ1n) is 9.25. The molecule has 2 aromatic rings. The number of hydrogen-bond donors (Lipinski definition) is 0. The molecule has 0 aliphatic carbocycles. The van der Waals surface area contributed by atoms with Crippen LogP contribution in [0.3, 0.4) is 0 Å². The van der Waals surface area contributed by atoms with Gasteiger partial charge >= 0.3 is 0 Å². The Labute approximate surface area is 155 Å². The molecule has 1 aliphatic rings. The Balaban J connectivity index is 1.51. The Morgan fingerprint density at radius 2 is 1.77 bits per heavy atom. The van der Waals surface area contributed by atoms with Crippen LogP contribution in [0.25, 0.3) is 0 Å². The highest BCUT2D eigenvalue weighted by atomic mass is 16.5. The molecule has 5 nitrogen and oxygen atoms in total. The maximum absolute atomic E-state index is 12.6. The lowest BCUT2D eigenvalue weighted by Crippen LogP contribution is -2.48. The van der Waals surface area contributed by atoms with E-state index in [4.69, 9.17) is 9.15 Å². The maximum atomic E-state index is 12.6. The number of amides is 1. The Morgan fingerprint density at radius 1 is 1.08 bits per heavy atom. The van der Waals surface area contributed by atoms with Crippen LogP contribution in [0.15, 0.2) is 40.8 Å². The molecule has 1 fully saturated rings. The molecule has 1 aromatic carbocycles. The summed E-state index contributed by atoms with van der Waals surface area (Å²) in [6.45, 7) is 8.94. The van der Waals surface area contributed by atoms with Crippen molar-refractivity contribution in [2.45, 2.75) is 32.9 Å². The Hall–Kier alpha value is -2.11. The van der Waals surface area contributed by atoms with Gasteiger partial charge in [0.05, 0.1) is 0 Å². The smallest absolute Gasteiger partial charge is 0.289 e. The molecule has 2 heterocycles. The lowest BCUT2D eigenvalue weighted by atomic mass is 10.0. The van der Waals surface area contributed by atoms with Crippen molar-refractivity contribution in [2.24, 2.45) is 0 Å². The van der Waals surface area contributed by atoms with Crippen LogP contribution in [-0.2, 0) is 17.9 Å². The number of nitrogens with zero attached hydrogens (tertiary/aromatic N) is 2. The van der Waals surface area contributed by atoms with Gasteiger partial charge in [-0.3, -0.25) is 9.69 Å². The predicted octanol–water partition coefficient (Wildman–Crippen LogP) is 3.51. The maximum Gasteiger partial charge on any atom is 0.289 e. The molecule has 26 heavy (non-hydrogen) atoms. The van der Waals surface area contributed by atoms with Crippen molar-refractivity contribution in [2.75, 3.05) is 33.3 Å². The highest BCUT2D eigenvalue weighted by Gasteiger charge is 2.24. The van der Waals surface area contributed by atoms with Crippen LogP contribution in [0.1, 0.15) is 47.2 Å². The van der Waals surface area contributed by atoms with Gasteiger partial charge in [-0.2, -0.15) is 0 Å². The highest BCUT2D eigenvalue weighted by molar-refractivity contribution is 5.91. The molecule has 0 bridgehead atoms. The largest absolute Gasteiger partial charge is 0.453 e. The average Bonchev–Trinajstić information content (AvgIpc) is 3.11. The van der Waals surface area contributed by atoms with Crippen LogP contribution in [0, 0.1) is 0 Å². The van der Waals surface area contributed by atoms with Gasteiger partial charge in [-0.1, -0.05) is 38.1 Å². The fraction of sp³-hybridized carbons (Fsp3) is 0.476. The minimum Gasteiger partial charge on any atom is -0.453 e. The number of piperazine rings is 1. The van der Waals surface area contributed by atoms with E-state index in [2.05, 4.69) is 43.0 Å². The minimum atomic E-state index is -0.0340. The summed E-state index contributed by atoms with van der Waals surface area (Å²) in [5.74, 6) is 1.60. The Kier molecular flexibility index (Phi) is 6.12. The number of furan rings is 1. The summed E-state index contributed by atoms with van der Waals surface area (Å²) in [5, 5.41) is 0. The van der Waals surface area contributed by atoms with Crippen molar-refractivity contribution in [3.63, 3.8) is 0 Å². The first-order chi connectivity index (χ1) is 12.6. The van der Waals surface area contributed by atoms with Crippen LogP contribution >= 0.6 is 0 Å². The normalized spacial score (nSPS) is 15.6. The topological polar surface area (TPSA) is 45.9 Å². The van der Waals surface area contributed by atoms with Crippen molar-refractivity contribution >= 4 is 5.91 Å². The van der Waals surface area contributed by atoms with E-state index < -0.39 is 0 Å². The van der Waals surface area contributed by atoms with E-state index in [-0.39, 0.29) is 5.91 Å². The van der Waals surface area contributed by atoms with Gasteiger partial charge in [-0.25, -0.2) is 0 Å². The van der Waals surface area contributed by atoms with Gasteiger partial charge in [0, 0.05) is 39.8 Å². The van der Waals surface area contributed by atoms with Crippen LogP contribution in [0.4, 0.5) is 0 Å². The standard InChI is InChI=1S/C21H28N2O3/c1-16(2)18-6-4-17(5-7-18)14-22-10-12-23(13-11-22)21(24)20-9-8-19(26-20)15-25-3/h4-9,16H,10-15H2,1-3H3. The average molecular weight is 356 g/mol. The van der Waals surface area contributed by atoms with Gasteiger partial charge in [-0.05, 0) is 29.2 Å². The van der Waals surface area contributed by atoms with Gasteiger partial charge in [0.1, 0.15) is 12.4 Å². The summed E-state index contributed by atoms with van der Waals surface area (Å²) in [5.41, 5.74) is 2.69. The molecule has 0 atom stereocenters. The van der Waals surface area contributed by atoms with E-state index in [0.29, 0.717) is 24.0 Å². The monoisotopic (exact) mass is 356 g/mol. The first kappa shape index (κ1) is 18.7. The van der Waals surface area contributed by atoms with Gasteiger partial charge in [0.15, 0.2) is 5.76 Å². The van der Waals surface area contributed by atoms with E-state index in [9.17, 15) is 4.79 Å². The molecular formula is C21H28N2O3. The summed E-state index contributed by atoms with van der Waals surface area (Å²) in [4.78, 5) is 16.8. The molecule has 1 saturated heterocycles. The van der Waals surface area contributed by atoms with E-state index in [1.54, 1.807) is 19.2 Å². The zero-order valence-electron chi connectivity index (χ0n) is 15.9. The van der Waals surface area contributed by atoms with Crippen LogP contribution in [0.5, 0.6) is 0 Å². The van der Waals surface area contributed by atoms with Crippen LogP contribution in [0.2, 0.25) is 0 Å². The highest BCUT2D eigenvalue weighted by Crippen LogP contribution is 2.17. The molecule has 5 heteroatoms. The SMILES string of the molecule is COCc1ccc(C(=O)N2CCN(Cc3ccc(C(C)C)cc3)CC2)o1. The third kappa shape index (κ3) is 4.54. The summed E-state index contributed by atoms with van der Waals surface area (Å²) in [7, 11) is 1.61. The number of rotatable bonds is 6. The molecule has 0 spiro atoms. The minimum absolute atomic E-state index is 0.0340. The van der Waals surface area contributed by atoms with Crippen molar-refractivity contribution < 1.29 is 13.9 Å².